The first kappa shape index (κ1) is 23.8. The third-order valence-corrected chi connectivity index (χ3v) is 9.72. The van der Waals surface area contributed by atoms with E-state index in [1.165, 1.54) is 14.8 Å². The Kier molecular flexibility index (Phi) is 4.87. The SMILES string of the molecule is N#Cc1ccc2sc3ccc(-n4c5ccccc5c5cc(-n6c7ccccc7c7c(C#N)cccc76)ccc54)cc3c2c1. The largest absolute Gasteiger partial charge is 0.309 e. The Morgan fingerprint density at radius 2 is 1.07 bits per heavy atom. The number of para-hydroxylation sites is 2. The summed E-state index contributed by atoms with van der Waals surface area (Å²) in [5.74, 6) is 0. The zero-order valence-electron chi connectivity index (χ0n) is 22.7. The lowest BCUT2D eigenvalue weighted by atomic mass is 10.1. The number of benzene rings is 6. The summed E-state index contributed by atoms with van der Waals surface area (Å²) >= 11 is 1.76. The monoisotopic (exact) mass is 564 g/mol. The van der Waals surface area contributed by atoms with E-state index in [1.54, 1.807) is 11.3 Å². The Morgan fingerprint density at radius 1 is 0.465 bits per heavy atom. The number of nitriles is 2. The van der Waals surface area contributed by atoms with Crippen molar-refractivity contribution in [1.29, 1.82) is 10.5 Å². The molecule has 0 amide bonds. The van der Waals surface area contributed by atoms with Gasteiger partial charge in [0, 0.05) is 53.1 Å². The molecule has 0 atom stereocenters. The third kappa shape index (κ3) is 3.29. The van der Waals surface area contributed by atoms with E-state index in [1.807, 2.05) is 30.3 Å². The summed E-state index contributed by atoms with van der Waals surface area (Å²) in [6.07, 6.45) is 0. The van der Waals surface area contributed by atoms with Gasteiger partial charge in [-0.3, -0.25) is 0 Å². The Hall–Kier alpha value is -5.88. The number of thiophene rings is 1. The minimum Gasteiger partial charge on any atom is -0.309 e. The highest BCUT2D eigenvalue weighted by molar-refractivity contribution is 7.25. The molecule has 0 aliphatic rings. The van der Waals surface area contributed by atoms with E-state index < -0.39 is 0 Å². The molecule has 3 heterocycles. The fourth-order valence-electron chi connectivity index (χ4n) is 6.74. The van der Waals surface area contributed by atoms with E-state index in [0.717, 1.165) is 60.4 Å². The predicted octanol–water partition coefficient (Wildman–Crippen LogP) is 9.99. The van der Waals surface area contributed by atoms with Crippen molar-refractivity contribution in [2.45, 2.75) is 0 Å². The van der Waals surface area contributed by atoms with Crippen LogP contribution in [0.1, 0.15) is 11.1 Å². The van der Waals surface area contributed by atoms with Crippen LogP contribution in [0.3, 0.4) is 0 Å². The van der Waals surface area contributed by atoms with Crippen LogP contribution in [0, 0.1) is 22.7 Å². The van der Waals surface area contributed by atoms with Gasteiger partial charge in [-0.15, -0.1) is 11.3 Å². The number of hydrogen-bond donors (Lipinski definition) is 0. The molecule has 9 aromatic rings. The van der Waals surface area contributed by atoms with Crippen molar-refractivity contribution in [2.75, 3.05) is 0 Å². The lowest BCUT2D eigenvalue weighted by molar-refractivity contribution is 1.17. The molecule has 9 rings (SSSR count). The van der Waals surface area contributed by atoms with Gasteiger partial charge in [0.25, 0.3) is 0 Å². The summed E-state index contributed by atoms with van der Waals surface area (Å²) in [7, 11) is 0. The molecule has 0 bridgehead atoms. The molecule has 0 unspecified atom stereocenters. The van der Waals surface area contributed by atoms with Crippen LogP contribution in [-0.4, -0.2) is 9.13 Å². The van der Waals surface area contributed by atoms with E-state index in [9.17, 15) is 10.5 Å². The maximum atomic E-state index is 9.91. The smallest absolute Gasteiger partial charge is 0.0998 e. The summed E-state index contributed by atoms with van der Waals surface area (Å²) in [6, 6.07) is 46.8. The zero-order chi connectivity index (χ0) is 28.7. The van der Waals surface area contributed by atoms with Crippen molar-refractivity contribution < 1.29 is 0 Å². The van der Waals surface area contributed by atoms with Crippen LogP contribution in [0.15, 0.2) is 121 Å². The van der Waals surface area contributed by atoms with Gasteiger partial charge in [-0.25, -0.2) is 0 Å². The van der Waals surface area contributed by atoms with Crippen molar-refractivity contribution in [1.82, 2.24) is 9.13 Å². The van der Waals surface area contributed by atoms with Crippen molar-refractivity contribution in [3.8, 4) is 23.5 Å². The first-order valence-electron chi connectivity index (χ1n) is 14.1. The summed E-state index contributed by atoms with van der Waals surface area (Å²) < 4.78 is 7.00. The number of nitrogens with zero attached hydrogens (tertiary/aromatic N) is 4. The molecule has 0 N–H and O–H groups in total. The highest BCUT2D eigenvalue weighted by Crippen LogP contribution is 2.40. The number of hydrogen-bond acceptors (Lipinski definition) is 3. The fourth-order valence-corrected chi connectivity index (χ4v) is 7.81. The maximum absolute atomic E-state index is 9.91. The zero-order valence-corrected chi connectivity index (χ0v) is 23.6. The number of rotatable bonds is 2. The molecular weight excluding hydrogens is 545 g/mol. The normalized spacial score (nSPS) is 11.7. The highest BCUT2D eigenvalue weighted by atomic mass is 32.1. The molecule has 4 nitrogen and oxygen atoms in total. The van der Waals surface area contributed by atoms with Gasteiger partial charge in [-0.2, -0.15) is 10.5 Å². The quantitative estimate of drug-likeness (QED) is 0.210. The Labute approximate surface area is 250 Å². The first-order chi connectivity index (χ1) is 21.2. The molecule has 0 radical (unpaired) electrons. The lowest BCUT2D eigenvalue weighted by Gasteiger charge is -2.11. The van der Waals surface area contributed by atoms with Crippen LogP contribution in [0.25, 0.3) is 75.2 Å². The summed E-state index contributed by atoms with van der Waals surface area (Å²) in [6.45, 7) is 0. The van der Waals surface area contributed by atoms with Gasteiger partial charge < -0.3 is 9.13 Å². The summed E-state index contributed by atoms with van der Waals surface area (Å²) in [4.78, 5) is 0. The van der Waals surface area contributed by atoms with Crippen LogP contribution in [0.2, 0.25) is 0 Å². The molecule has 3 aromatic heterocycles. The molecule has 0 spiro atoms. The minimum absolute atomic E-state index is 0.675. The Morgan fingerprint density at radius 3 is 1.86 bits per heavy atom. The van der Waals surface area contributed by atoms with Crippen molar-refractivity contribution in [2.24, 2.45) is 0 Å². The molecule has 6 aromatic carbocycles. The Balaban J connectivity index is 1.33. The van der Waals surface area contributed by atoms with Gasteiger partial charge in [0.05, 0.1) is 45.3 Å². The second kappa shape index (κ2) is 8.81. The van der Waals surface area contributed by atoms with E-state index in [2.05, 4.69) is 112 Å². The molecule has 0 fully saturated rings. The van der Waals surface area contributed by atoms with Gasteiger partial charge in [0.2, 0.25) is 0 Å². The second-order valence-corrected chi connectivity index (χ2v) is 11.9. The first-order valence-corrected chi connectivity index (χ1v) is 14.9. The van der Waals surface area contributed by atoms with E-state index in [0.29, 0.717) is 11.1 Å². The van der Waals surface area contributed by atoms with E-state index in [-0.39, 0.29) is 0 Å². The van der Waals surface area contributed by atoms with Gasteiger partial charge in [-0.05, 0) is 78.9 Å². The maximum Gasteiger partial charge on any atom is 0.0998 e. The van der Waals surface area contributed by atoms with Crippen LogP contribution < -0.4 is 0 Å². The fraction of sp³-hybridized carbons (Fsp3) is 0. The van der Waals surface area contributed by atoms with Crippen LogP contribution in [0.5, 0.6) is 0 Å². The topological polar surface area (TPSA) is 57.4 Å². The van der Waals surface area contributed by atoms with E-state index in [4.69, 9.17) is 0 Å². The van der Waals surface area contributed by atoms with Gasteiger partial charge in [0.15, 0.2) is 0 Å². The van der Waals surface area contributed by atoms with Crippen LogP contribution in [-0.2, 0) is 0 Å². The summed E-state index contributed by atoms with van der Waals surface area (Å²) in [5, 5.41) is 26.1. The molecule has 0 aliphatic heterocycles. The van der Waals surface area contributed by atoms with Crippen molar-refractivity contribution in [3.63, 3.8) is 0 Å². The third-order valence-electron chi connectivity index (χ3n) is 8.57. The molecule has 198 valence electrons. The molecule has 43 heavy (non-hydrogen) atoms. The van der Waals surface area contributed by atoms with Gasteiger partial charge in [-0.1, -0.05) is 42.5 Å². The van der Waals surface area contributed by atoms with Gasteiger partial charge in [0.1, 0.15) is 0 Å². The van der Waals surface area contributed by atoms with Crippen molar-refractivity contribution >= 4 is 75.1 Å². The minimum atomic E-state index is 0.675. The molecule has 5 heteroatoms. The predicted molar refractivity (Wildman–Crippen MR) is 177 cm³/mol. The second-order valence-electron chi connectivity index (χ2n) is 10.8. The average Bonchev–Trinajstić information content (AvgIpc) is 3.71. The number of aromatic nitrogens is 2. The number of fused-ring (bicyclic) bond motifs is 9. The molecule has 0 aliphatic carbocycles. The van der Waals surface area contributed by atoms with E-state index >= 15 is 0 Å². The standard InChI is InChI=1S/C38H20N4S/c39-21-23-12-16-36-30(18-23)31-20-26(14-17-37(31)43-36)41-32-9-3-1-7-27(32)29-19-25(13-15-34(29)41)42-33-10-4-2-8-28(33)38-24(22-40)6-5-11-35(38)42/h1-20H. The Bertz CT molecular complexity index is 2710. The molecule has 0 saturated carbocycles. The average molecular weight is 565 g/mol. The molecular formula is C38H20N4S. The van der Waals surface area contributed by atoms with Crippen LogP contribution >= 0.6 is 11.3 Å². The van der Waals surface area contributed by atoms with Crippen molar-refractivity contribution in [3.05, 3.63) is 132 Å². The van der Waals surface area contributed by atoms with Gasteiger partial charge >= 0.3 is 0 Å². The summed E-state index contributed by atoms with van der Waals surface area (Å²) in [5.41, 5.74) is 7.87. The highest BCUT2D eigenvalue weighted by Gasteiger charge is 2.18. The lowest BCUT2D eigenvalue weighted by Crippen LogP contribution is -1.95. The van der Waals surface area contributed by atoms with Crippen LogP contribution in [0.4, 0.5) is 0 Å². The molecule has 0 saturated heterocycles.